The van der Waals surface area contributed by atoms with Gasteiger partial charge in [-0.1, -0.05) is 6.07 Å². The van der Waals surface area contributed by atoms with Crippen LogP contribution >= 0.6 is 0 Å². The fourth-order valence-electron chi connectivity index (χ4n) is 1.88. The molecule has 114 valence electrons. The molecule has 1 aromatic carbocycles. The highest BCUT2D eigenvalue weighted by Crippen LogP contribution is 2.34. The third-order valence-electron chi connectivity index (χ3n) is 2.82. The topological polar surface area (TPSA) is 74.8 Å². The molecule has 0 spiro atoms. The average molecular weight is 319 g/mol. The van der Waals surface area contributed by atoms with Crippen molar-refractivity contribution in [2.45, 2.75) is 24.9 Å². The molecule has 0 fully saturated rings. The van der Waals surface area contributed by atoms with E-state index in [1.54, 1.807) is 6.92 Å². The molecule has 0 saturated heterocycles. The average Bonchev–Trinajstić information content (AvgIpc) is 2.72. The van der Waals surface area contributed by atoms with E-state index in [1.165, 1.54) is 6.07 Å². The van der Waals surface area contributed by atoms with Gasteiger partial charge >= 0.3 is 6.18 Å². The lowest BCUT2D eigenvalue weighted by Crippen LogP contribution is -2.17. The van der Waals surface area contributed by atoms with Gasteiger partial charge < -0.3 is 0 Å². The maximum Gasteiger partial charge on any atom is 0.416 e. The predicted octanol–water partition coefficient (Wildman–Crippen LogP) is 2.85. The number of H-pyrrole nitrogens is 1. The van der Waals surface area contributed by atoms with Gasteiger partial charge in [0.05, 0.1) is 10.5 Å². The number of hydrogen-bond donors (Lipinski definition) is 2. The molecule has 1 aromatic heterocycles. The maximum atomic E-state index is 12.8. The van der Waals surface area contributed by atoms with Crippen LogP contribution in [-0.2, 0) is 16.2 Å². The Bertz CT molecular complexity index is 766. The third kappa shape index (κ3) is 3.18. The van der Waals surface area contributed by atoms with E-state index >= 15 is 0 Å². The molecule has 5 nitrogen and oxygen atoms in total. The molecular formula is C12H12F3N3O2S. The zero-order valence-electron chi connectivity index (χ0n) is 11.1. The van der Waals surface area contributed by atoms with Gasteiger partial charge in [-0.15, -0.1) is 0 Å². The largest absolute Gasteiger partial charge is 0.416 e. The second-order valence-electron chi connectivity index (χ2n) is 4.47. The molecule has 0 saturated carbocycles. The number of sulfonamides is 1. The Labute approximate surface area is 119 Å². The highest BCUT2D eigenvalue weighted by molar-refractivity contribution is 7.92. The number of aryl methyl sites for hydroxylation is 1. The first-order valence-electron chi connectivity index (χ1n) is 5.83. The standard InChI is InChI=1S/C12H12F3N3O2S/c1-7-6-11(17-16-7)18-21(19,20)10-5-3-4-9(8(10)2)12(13,14)15/h3-6H,1-2H3,(H2,16,17,18). The lowest BCUT2D eigenvalue weighted by atomic mass is 10.1. The highest BCUT2D eigenvalue weighted by atomic mass is 32.2. The molecule has 2 rings (SSSR count). The molecule has 0 unspecified atom stereocenters. The molecule has 2 aromatic rings. The first kappa shape index (κ1) is 15.4. The minimum absolute atomic E-state index is 0.0179. The zero-order valence-corrected chi connectivity index (χ0v) is 11.9. The lowest BCUT2D eigenvalue weighted by Gasteiger charge is -2.14. The summed E-state index contributed by atoms with van der Waals surface area (Å²) in [6, 6.07) is 4.44. The molecule has 9 heteroatoms. The number of anilines is 1. The maximum absolute atomic E-state index is 12.8. The fourth-order valence-corrected chi connectivity index (χ4v) is 3.14. The summed E-state index contributed by atoms with van der Waals surface area (Å²) in [5, 5.41) is 6.23. The van der Waals surface area contributed by atoms with Gasteiger partial charge in [-0.25, -0.2) is 8.42 Å². The van der Waals surface area contributed by atoms with E-state index in [2.05, 4.69) is 14.9 Å². The Morgan fingerprint density at radius 3 is 2.43 bits per heavy atom. The summed E-state index contributed by atoms with van der Waals surface area (Å²) >= 11 is 0. The summed E-state index contributed by atoms with van der Waals surface area (Å²) in [5.41, 5.74) is -0.721. The van der Waals surface area contributed by atoms with Crippen LogP contribution in [0.1, 0.15) is 16.8 Å². The van der Waals surface area contributed by atoms with Crippen LogP contribution in [0.15, 0.2) is 29.2 Å². The number of benzene rings is 1. The van der Waals surface area contributed by atoms with Crippen molar-refractivity contribution >= 4 is 15.8 Å². The SMILES string of the molecule is Cc1cc(NS(=O)(=O)c2cccc(C(F)(F)F)c2C)n[nH]1. The van der Waals surface area contributed by atoms with E-state index in [-0.39, 0.29) is 11.4 Å². The molecule has 0 atom stereocenters. The van der Waals surface area contributed by atoms with Crippen LogP contribution in [0, 0.1) is 13.8 Å². The summed E-state index contributed by atoms with van der Waals surface area (Å²) in [7, 11) is -4.15. The van der Waals surface area contributed by atoms with Gasteiger partial charge in [-0.2, -0.15) is 18.3 Å². The van der Waals surface area contributed by atoms with Gasteiger partial charge in [0.25, 0.3) is 10.0 Å². The third-order valence-corrected chi connectivity index (χ3v) is 4.32. The van der Waals surface area contributed by atoms with Gasteiger partial charge in [0, 0.05) is 11.8 Å². The van der Waals surface area contributed by atoms with E-state index in [4.69, 9.17) is 0 Å². The Morgan fingerprint density at radius 2 is 1.90 bits per heavy atom. The second-order valence-corrected chi connectivity index (χ2v) is 6.12. The number of rotatable bonds is 3. The van der Waals surface area contributed by atoms with Crippen LogP contribution in [0.3, 0.4) is 0 Å². The van der Waals surface area contributed by atoms with Gasteiger partial charge in [0.1, 0.15) is 0 Å². The molecule has 0 aliphatic heterocycles. The fraction of sp³-hybridized carbons (Fsp3) is 0.250. The summed E-state index contributed by atoms with van der Waals surface area (Å²) in [6.07, 6.45) is -4.61. The van der Waals surface area contributed by atoms with Crippen LogP contribution in [0.4, 0.5) is 19.0 Å². The highest BCUT2D eigenvalue weighted by Gasteiger charge is 2.34. The van der Waals surface area contributed by atoms with E-state index in [0.717, 1.165) is 25.1 Å². The van der Waals surface area contributed by atoms with Gasteiger partial charge in [0.15, 0.2) is 5.82 Å². The number of halogens is 3. The summed E-state index contributed by atoms with van der Waals surface area (Å²) in [5.74, 6) is 0.0179. The molecule has 1 heterocycles. The van der Waals surface area contributed by atoms with Crippen molar-refractivity contribution in [3.63, 3.8) is 0 Å². The molecule has 0 radical (unpaired) electrons. The lowest BCUT2D eigenvalue weighted by molar-refractivity contribution is -0.138. The van der Waals surface area contributed by atoms with Crippen molar-refractivity contribution in [2.75, 3.05) is 4.72 Å². The van der Waals surface area contributed by atoms with Gasteiger partial charge in [0.2, 0.25) is 0 Å². The first-order valence-corrected chi connectivity index (χ1v) is 7.31. The number of aromatic nitrogens is 2. The van der Waals surface area contributed by atoms with Crippen LogP contribution in [0.2, 0.25) is 0 Å². The summed E-state index contributed by atoms with van der Waals surface area (Å²) in [6.45, 7) is 2.79. The van der Waals surface area contributed by atoms with Crippen LogP contribution < -0.4 is 4.72 Å². The number of nitrogens with zero attached hydrogens (tertiary/aromatic N) is 1. The number of alkyl halides is 3. The van der Waals surface area contributed by atoms with Crippen molar-refractivity contribution in [2.24, 2.45) is 0 Å². The Balaban J connectivity index is 2.46. The smallest absolute Gasteiger partial charge is 0.281 e. The first-order chi connectivity index (χ1) is 9.61. The van der Waals surface area contributed by atoms with Crippen molar-refractivity contribution in [1.29, 1.82) is 0 Å². The van der Waals surface area contributed by atoms with Crippen LogP contribution in [0.5, 0.6) is 0 Å². The Kier molecular flexibility index (Phi) is 3.70. The molecular weight excluding hydrogens is 307 g/mol. The summed E-state index contributed by atoms with van der Waals surface area (Å²) in [4.78, 5) is -0.432. The number of nitrogens with one attached hydrogen (secondary N) is 2. The zero-order chi connectivity index (χ0) is 15.8. The molecule has 0 aliphatic rings. The van der Waals surface area contributed by atoms with E-state index in [1.807, 2.05) is 0 Å². The Morgan fingerprint density at radius 1 is 1.24 bits per heavy atom. The monoisotopic (exact) mass is 319 g/mol. The van der Waals surface area contributed by atoms with E-state index in [0.29, 0.717) is 5.69 Å². The van der Waals surface area contributed by atoms with Crippen LogP contribution in [0.25, 0.3) is 0 Å². The number of aromatic amines is 1. The van der Waals surface area contributed by atoms with E-state index in [9.17, 15) is 21.6 Å². The quantitative estimate of drug-likeness (QED) is 0.913. The summed E-state index contributed by atoms with van der Waals surface area (Å²) < 4.78 is 64.9. The molecule has 0 aliphatic carbocycles. The number of hydrogen-bond acceptors (Lipinski definition) is 3. The van der Waals surface area contributed by atoms with Gasteiger partial charge in [-0.05, 0) is 31.5 Å². The van der Waals surface area contributed by atoms with Crippen LogP contribution in [-0.4, -0.2) is 18.6 Å². The molecule has 21 heavy (non-hydrogen) atoms. The molecule has 0 bridgehead atoms. The Hall–Kier alpha value is -2.03. The second kappa shape index (κ2) is 5.06. The van der Waals surface area contributed by atoms with Crippen molar-refractivity contribution in [1.82, 2.24) is 10.2 Å². The van der Waals surface area contributed by atoms with Crippen molar-refractivity contribution in [3.8, 4) is 0 Å². The minimum Gasteiger partial charge on any atom is -0.281 e. The van der Waals surface area contributed by atoms with Gasteiger partial charge in [-0.3, -0.25) is 9.82 Å². The normalized spacial score (nSPS) is 12.4. The van der Waals surface area contributed by atoms with Crippen molar-refractivity contribution < 1.29 is 21.6 Å². The predicted molar refractivity (Wildman–Crippen MR) is 70.3 cm³/mol. The van der Waals surface area contributed by atoms with E-state index < -0.39 is 26.7 Å². The van der Waals surface area contributed by atoms with Crippen molar-refractivity contribution in [3.05, 3.63) is 41.1 Å². The molecule has 2 N–H and O–H groups in total. The molecule has 0 amide bonds. The minimum atomic E-state index is -4.61.